The van der Waals surface area contributed by atoms with E-state index in [1.54, 1.807) is 14.2 Å². The molecule has 0 N–H and O–H groups in total. The van der Waals surface area contributed by atoms with Gasteiger partial charge >= 0.3 is 5.82 Å². The van der Waals surface area contributed by atoms with E-state index in [4.69, 9.17) is 27.6 Å². The van der Waals surface area contributed by atoms with E-state index < -0.39 is 0 Å². The van der Waals surface area contributed by atoms with Crippen molar-refractivity contribution in [2.45, 2.75) is 0 Å². The van der Waals surface area contributed by atoms with Crippen molar-refractivity contribution in [2.75, 3.05) is 45.4 Å². The van der Waals surface area contributed by atoms with Crippen LogP contribution >= 0.6 is 27.5 Å². The molecular weight excluding hydrogens is 336 g/mol. The molecule has 0 atom stereocenters. The van der Waals surface area contributed by atoms with Crippen LogP contribution in [0.3, 0.4) is 0 Å². The van der Waals surface area contributed by atoms with Gasteiger partial charge in [-0.25, -0.2) is 4.98 Å². The molecule has 0 aliphatic heterocycles. The fraction of sp³-hybridized carbons (Fsp3) is 0.545. The summed E-state index contributed by atoms with van der Waals surface area (Å²) in [5, 5.41) is 0.174. The van der Waals surface area contributed by atoms with Crippen LogP contribution in [0.4, 0.5) is 11.6 Å². The van der Waals surface area contributed by atoms with E-state index in [9.17, 15) is 0 Å². The summed E-state index contributed by atoms with van der Waals surface area (Å²) in [6, 6.07) is 0. The maximum absolute atomic E-state index is 7.16. The number of anilines is 1. The first-order valence-electron chi connectivity index (χ1n) is 5.47. The third kappa shape index (κ3) is 4.58. The molecule has 0 bridgehead atoms. The highest BCUT2D eigenvalue weighted by molar-refractivity contribution is 9.10. The van der Waals surface area contributed by atoms with Crippen molar-refractivity contribution in [1.82, 2.24) is 9.97 Å². The maximum Gasteiger partial charge on any atom is 0.313 e. The van der Waals surface area contributed by atoms with E-state index in [0.29, 0.717) is 36.7 Å². The zero-order valence-electron chi connectivity index (χ0n) is 10.7. The largest absolute Gasteiger partial charge is 0.383 e. The lowest BCUT2D eigenvalue weighted by atomic mass is 10.4. The number of hydrogen-bond donors (Lipinski definition) is 0. The molecule has 0 fully saturated rings. The Morgan fingerprint density at radius 3 is 2.32 bits per heavy atom. The first-order chi connectivity index (χ1) is 9.13. The van der Waals surface area contributed by atoms with Crippen molar-refractivity contribution in [3.05, 3.63) is 21.2 Å². The summed E-state index contributed by atoms with van der Waals surface area (Å²) in [7, 11) is 3.24. The monoisotopic (exact) mass is 348 g/mol. The summed E-state index contributed by atoms with van der Waals surface area (Å²) in [6.45, 7) is 9.37. The summed E-state index contributed by atoms with van der Waals surface area (Å²) in [5.41, 5.74) is 0. The van der Waals surface area contributed by atoms with Crippen LogP contribution in [0, 0.1) is 6.57 Å². The summed E-state index contributed by atoms with van der Waals surface area (Å²) in [4.78, 5) is 13.5. The third-order valence-corrected chi connectivity index (χ3v) is 3.36. The fourth-order valence-corrected chi connectivity index (χ4v) is 1.77. The highest BCUT2D eigenvalue weighted by Gasteiger charge is 2.18. The van der Waals surface area contributed by atoms with Gasteiger partial charge < -0.3 is 19.2 Å². The van der Waals surface area contributed by atoms with Crippen molar-refractivity contribution >= 4 is 39.2 Å². The molecule has 0 spiro atoms. The molecule has 1 aromatic rings. The third-order valence-electron chi connectivity index (χ3n) is 2.31. The Bertz CT molecular complexity index is 459. The molecule has 19 heavy (non-hydrogen) atoms. The summed E-state index contributed by atoms with van der Waals surface area (Å²) < 4.78 is 10.5. The second-order valence-electron chi connectivity index (χ2n) is 3.54. The molecule has 8 heteroatoms. The Labute approximate surface area is 125 Å². The molecule has 0 radical (unpaired) electrons. The molecule has 0 saturated heterocycles. The van der Waals surface area contributed by atoms with Gasteiger partial charge in [-0.15, -0.1) is 4.98 Å². The zero-order chi connectivity index (χ0) is 14.3. The minimum Gasteiger partial charge on any atom is -0.383 e. The van der Waals surface area contributed by atoms with Crippen LogP contribution in [0.25, 0.3) is 4.85 Å². The predicted octanol–water partition coefficient (Wildman–Crippen LogP) is 2.54. The van der Waals surface area contributed by atoms with Gasteiger partial charge in [-0.1, -0.05) is 6.57 Å². The predicted molar refractivity (Wildman–Crippen MR) is 77.0 cm³/mol. The Hall–Kier alpha value is -0.940. The number of aromatic nitrogens is 2. The first kappa shape index (κ1) is 16.1. The molecule has 0 aliphatic carbocycles. The van der Waals surface area contributed by atoms with Crippen LogP contribution in [0.1, 0.15) is 0 Å². The van der Waals surface area contributed by atoms with Crippen LogP contribution in [0.2, 0.25) is 5.15 Å². The average molecular weight is 350 g/mol. The van der Waals surface area contributed by atoms with E-state index in [2.05, 4.69) is 30.7 Å². The number of methoxy groups -OCH3 is 2. The topological polar surface area (TPSA) is 51.8 Å². The van der Waals surface area contributed by atoms with E-state index in [0.717, 1.165) is 0 Å². The van der Waals surface area contributed by atoms with Gasteiger partial charge in [0.15, 0.2) is 10.4 Å². The normalized spacial score (nSPS) is 10.3. The van der Waals surface area contributed by atoms with Gasteiger partial charge in [0.1, 0.15) is 0 Å². The molecule has 1 aromatic heterocycles. The lowest BCUT2D eigenvalue weighted by molar-refractivity contribution is 0.190. The lowest BCUT2D eigenvalue weighted by Crippen LogP contribution is -2.31. The van der Waals surface area contributed by atoms with Crippen molar-refractivity contribution in [3.8, 4) is 0 Å². The van der Waals surface area contributed by atoms with E-state index in [1.807, 2.05) is 4.90 Å². The smallest absolute Gasteiger partial charge is 0.313 e. The van der Waals surface area contributed by atoms with Gasteiger partial charge in [-0.2, -0.15) is 0 Å². The second kappa shape index (κ2) is 8.27. The SMILES string of the molecule is [C-]#[N+]c1nc(Cl)c(Br)nc1N(CCOC)CCOC. The first-order valence-corrected chi connectivity index (χ1v) is 6.64. The summed E-state index contributed by atoms with van der Waals surface area (Å²) >= 11 is 9.06. The van der Waals surface area contributed by atoms with Crippen LogP contribution in [0.5, 0.6) is 0 Å². The maximum atomic E-state index is 7.16. The number of hydrogen-bond acceptors (Lipinski definition) is 5. The van der Waals surface area contributed by atoms with Gasteiger partial charge in [-0.05, 0) is 27.5 Å². The quantitative estimate of drug-likeness (QED) is 0.708. The van der Waals surface area contributed by atoms with Gasteiger partial charge in [-0.3, -0.25) is 0 Å². The zero-order valence-corrected chi connectivity index (χ0v) is 13.0. The summed E-state index contributed by atoms with van der Waals surface area (Å²) in [6.07, 6.45) is 0. The number of ether oxygens (including phenoxy) is 2. The molecule has 6 nitrogen and oxygen atoms in total. The second-order valence-corrected chi connectivity index (χ2v) is 4.65. The Balaban J connectivity index is 3.05. The van der Waals surface area contributed by atoms with Gasteiger partial charge in [0, 0.05) is 27.3 Å². The molecular formula is C11H14BrClN4O2. The molecule has 0 unspecified atom stereocenters. The molecule has 0 amide bonds. The molecule has 0 aliphatic rings. The Kier molecular flexibility index (Phi) is 7.02. The van der Waals surface area contributed by atoms with E-state index in [1.165, 1.54) is 0 Å². The molecule has 104 valence electrons. The van der Waals surface area contributed by atoms with Crippen molar-refractivity contribution < 1.29 is 9.47 Å². The number of rotatable bonds is 7. The number of halogens is 2. The minimum absolute atomic E-state index is 0.167. The Morgan fingerprint density at radius 2 is 1.84 bits per heavy atom. The number of nitrogens with zero attached hydrogens (tertiary/aromatic N) is 4. The van der Waals surface area contributed by atoms with Crippen LogP contribution in [-0.2, 0) is 9.47 Å². The van der Waals surface area contributed by atoms with Crippen LogP contribution in [-0.4, -0.2) is 50.5 Å². The van der Waals surface area contributed by atoms with Gasteiger partial charge in [0.05, 0.1) is 13.2 Å². The Morgan fingerprint density at radius 1 is 1.26 bits per heavy atom. The van der Waals surface area contributed by atoms with Crippen LogP contribution < -0.4 is 4.90 Å². The minimum atomic E-state index is 0.167. The highest BCUT2D eigenvalue weighted by atomic mass is 79.9. The van der Waals surface area contributed by atoms with Crippen molar-refractivity contribution in [2.24, 2.45) is 0 Å². The average Bonchev–Trinajstić information content (AvgIpc) is 2.42. The summed E-state index contributed by atoms with van der Waals surface area (Å²) in [5.74, 6) is 0.640. The van der Waals surface area contributed by atoms with Crippen molar-refractivity contribution in [1.29, 1.82) is 0 Å². The fourth-order valence-electron chi connectivity index (χ4n) is 1.39. The standard InChI is InChI=1S/C11H14BrClN4O2/c1-14-10-11(15-8(12)9(13)16-10)17(4-6-18-2)5-7-19-3/h4-7H2,2-3H3. The van der Waals surface area contributed by atoms with Crippen molar-refractivity contribution in [3.63, 3.8) is 0 Å². The highest BCUT2D eigenvalue weighted by Crippen LogP contribution is 2.30. The molecule has 1 heterocycles. The van der Waals surface area contributed by atoms with Gasteiger partial charge in [0.25, 0.3) is 5.15 Å². The van der Waals surface area contributed by atoms with E-state index in [-0.39, 0.29) is 11.0 Å². The van der Waals surface area contributed by atoms with Gasteiger partial charge in [0.2, 0.25) is 0 Å². The van der Waals surface area contributed by atoms with E-state index >= 15 is 0 Å². The molecule has 1 rings (SSSR count). The lowest BCUT2D eigenvalue weighted by Gasteiger charge is -2.23. The molecule has 0 saturated carbocycles. The molecule has 0 aromatic carbocycles. The van der Waals surface area contributed by atoms with Crippen LogP contribution in [0.15, 0.2) is 4.60 Å².